The maximum Gasteiger partial charge on any atom is 0.325 e. The number of hydrogen-bond donors (Lipinski definition) is 2. The normalized spacial score (nSPS) is 19.2. The van der Waals surface area contributed by atoms with E-state index < -0.39 is 29.9 Å². The van der Waals surface area contributed by atoms with Crippen molar-refractivity contribution in [3.8, 4) is 0 Å². The van der Waals surface area contributed by atoms with Crippen molar-refractivity contribution in [3.05, 3.63) is 62.5 Å². The number of amides is 4. The molecule has 2 aromatic carbocycles. The lowest BCUT2D eigenvalue weighted by Crippen LogP contribution is -2.42. The van der Waals surface area contributed by atoms with Crippen LogP contribution in [0.1, 0.15) is 12.5 Å². The number of anilines is 1. The summed E-state index contributed by atoms with van der Waals surface area (Å²) in [6, 6.07) is 10.9. The monoisotopic (exact) mass is 469 g/mol. The summed E-state index contributed by atoms with van der Waals surface area (Å²) < 4.78 is 0.866. The van der Waals surface area contributed by atoms with Gasteiger partial charge in [0.15, 0.2) is 0 Å². The predicted molar refractivity (Wildman–Crippen MR) is 107 cm³/mol. The van der Waals surface area contributed by atoms with Crippen LogP contribution in [0.25, 0.3) is 0 Å². The van der Waals surface area contributed by atoms with Crippen LogP contribution in [0, 0.1) is 0 Å². The van der Waals surface area contributed by atoms with Gasteiger partial charge in [-0.1, -0.05) is 45.2 Å². The first-order valence-corrected chi connectivity index (χ1v) is 9.40. The molecule has 1 atom stereocenters. The van der Waals surface area contributed by atoms with Crippen molar-refractivity contribution in [1.82, 2.24) is 10.2 Å². The van der Waals surface area contributed by atoms with Crippen molar-refractivity contribution in [2.75, 3.05) is 11.9 Å². The van der Waals surface area contributed by atoms with Gasteiger partial charge in [0, 0.05) is 25.8 Å². The Bertz CT molecular complexity index is 936. The fourth-order valence-corrected chi connectivity index (χ4v) is 3.66. The van der Waals surface area contributed by atoms with Gasteiger partial charge in [-0.05, 0) is 43.3 Å². The zero-order valence-corrected chi connectivity index (χ0v) is 17.2. The first-order valence-electron chi connectivity index (χ1n) is 7.86. The lowest BCUT2D eigenvalue weighted by molar-refractivity contribution is -0.133. The van der Waals surface area contributed by atoms with E-state index in [1.165, 1.54) is 13.0 Å². The van der Waals surface area contributed by atoms with Crippen LogP contribution < -0.4 is 10.6 Å². The maximum absolute atomic E-state index is 12.9. The minimum absolute atomic E-state index is 0.250. The second-order valence-corrected chi connectivity index (χ2v) is 7.88. The van der Waals surface area contributed by atoms with Crippen molar-refractivity contribution in [2.45, 2.75) is 12.5 Å². The number of imide groups is 1. The van der Waals surface area contributed by atoms with Crippen molar-refractivity contribution in [3.63, 3.8) is 0 Å². The average Bonchev–Trinajstić information content (AvgIpc) is 2.81. The number of halogens is 3. The second-order valence-electron chi connectivity index (χ2n) is 6.13. The summed E-state index contributed by atoms with van der Waals surface area (Å²) in [6.07, 6.45) is 0. The molecule has 1 aliphatic heterocycles. The van der Waals surface area contributed by atoms with Crippen LogP contribution in [-0.2, 0) is 15.1 Å². The van der Waals surface area contributed by atoms with E-state index in [1.54, 1.807) is 36.4 Å². The third-order valence-electron chi connectivity index (χ3n) is 4.17. The third kappa shape index (κ3) is 3.95. The molecule has 0 radical (unpaired) electrons. The Morgan fingerprint density at radius 3 is 2.48 bits per heavy atom. The van der Waals surface area contributed by atoms with Gasteiger partial charge in [-0.2, -0.15) is 0 Å². The summed E-state index contributed by atoms with van der Waals surface area (Å²) in [5.41, 5.74) is -0.419. The molecule has 0 bridgehead atoms. The average molecular weight is 471 g/mol. The molecule has 9 heteroatoms. The van der Waals surface area contributed by atoms with E-state index in [-0.39, 0.29) is 5.02 Å². The molecular weight excluding hydrogens is 457 g/mol. The number of nitrogens with zero attached hydrogens (tertiary/aromatic N) is 1. The summed E-state index contributed by atoms with van der Waals surface area (Å²) in [5, 5.41) is 5.91. The number of rotatable bonds is 4. The van der Waals surface area contributed by atoms with Gasteiger partial charge < -0.3 is 10.6 Å². The van der Waals surface area contributed by atoms with Gasteiger partial charge in [0.2, 0.25) is 5.91 Å². The topological polar surface area (TPSA) is 78.5 Å². The Balaban J connectivity index is 1.77. The van der Waals surface area contributed by atoms with Crippen LogP contribution >= 0.6 is 39.1 Å². The van der Waals surface area contributed by atoms with Crippen molar-refractivity contribution >= 4 is 62.7 Å². The molecule has 140 valence electrons. The molecule has 1 saturated heterocycles. The Labute approximate surface area is 173 Å². The number of carbonyl (C=O) groups excluding carboxylic acids is 3. The zero-order valence-electron chi connectivity index (χ0n) is 14.1. The van der Waals surface area contributed by atoms with Crippen molar-refractivity contribution < 1.29 is 14.4 Å². The van der Waals surface area contributed by atoms with E-state index in [9.17, 15) is 14.4 Å². The predicted octanol–water partition coefficient (Wildman–Crippen LogP) is 4.16. The molecule has 1 aliphatic rings. The van der Waals surface area contributed by atoms with Gasteiger partial charge in [0.1, 0.15) is 12.1 Å². The Hall–Kier alpha value is -2.09. The van der Waals surface area contributed by atoms with Crippen LogP contribution in [0.15, 0.2) is 46.9 Å². The molecular formula is C18H14BrCl2N3O3. The molecule has 27 heavy (non-hydrogen) atoms. The van der Waals surface area contributed by atoms with Gasteiger partial charge in [-0.3, -0.25) is 14.5 Å². The Kier molecular flexibility index (Phi) is 5.46. The summed E-state index contributed by atoms with van der Waals surface area (Å²) in [7, 11) is 0. The fraction of sp³-hybridized carbons (Fsp3) is 0.167. The third-order valence-corrected chi connectivity index (χ3v) is 5.25. The van der Waals surface area contributed by atoms with Crippen molar-refractivity contribution in [1.29, 1.82) is 0 Å². The number of carbonyl (C=O) groups is 3. The first kappa shape index (κ1) is 19.7. The quantitative estimate of drug-likeness (QED) is 0.658. The Morgan fingerprint density at radius 2 is 1.85 bits per heavy atom. The standard InChI is InChI=1S/C18H14BrCl2N3O3/c1-18(13-7-4-11(20)8-14(13)21)16(26)24(17(27)23-18)9-15(25)22-12-5-2-10(19)3-6-12/h2-8H,9H2,1H3,(H,22,25)(H,23,27). The van der Waals surface area contributed by atoms with Crippen LogP contribution in [0.4, 0.5) is 10.5 Å². The molecule has 1 unspecified atom stereocenters. The largest absolute Gasteiger partial charge is 0.325 e. The highest BCUT2D eigenvalue weighted by molar-refractivity contribution is 9.10. The molecule has 6 nitrogen and oxygen atoms in total. The minimum Gasteiger partial charge on any atom is -0.325 e. The van der Waals surface area contributed by atoms with Gasteiger partial charge in [-0.15, -0.1) is 0 Å². The molecule has 2 aromatic rings. The van der Waals surface area contributed by atoms with E-state index in [1.807, 2.05) is 0 Å². The number of nitrogens with one attached hydrogen (secondary N) is 2. The maximum atomic E-state index is 12.9. The van der Waals surface area contributed by atoms with Crippen LogP contribution in [-0.4, -0.2) is 29.3 Å². The van der Waals surface area contributed by atoms with E-state index in [2.05, 4.69) is 26.6 Å². The zero-order chi connectivity index (χ0) is 19.8. The molecule has 0 spiro atoms. The van der Waals surface area contributed by atoms with Gasteiger partial charge in [-0.25, -0.2) is 4.79 Å². The minimum atomic E-state index is -1.38. The summed E-state index contributed by atoms with van der Waals surface area (Å²) in [5.74, 6) is -1.06. The van der Waals surface area contributed by atoms with E-state index in [0.717, 1.165) is 9.37 Å². The molecule has 1 heterocycles. The molecule has 3 rings (SSSR count). The molecule has 0 saturated carbocycles. The number of hydrogen-bond acceptors (Lipinski definition) is 3. The Morgan fingerprint density at radius 1 is 1.19 bits per heavy atom. The highest BCUT2D eigenvalue weighted by Crippen LogP contribution is 2.34. The molecule has 0 aliphatic carbocycles. The number of benzene rings is 2. The molecule has 0 aromatic heterocycles. The molecule has 1 fully saturated rings. The lowest BCUT2D eigenvalue weighted by atomic mass is 9.92. The van der Waals surface area contributed by atoms with E-state index >= 15 is 0 Å². The first-order chi connectivity index (χ1) is 12.7. The lowest BCUT2D eigenvalue weighted by Gasteiger charge is -2.23. The highest BCUT2D eigenvalue weighted by Gasteiger charge is 2.50. The van der Waals surface area contributed by atoms with Gasteiger partial charge in [0.05, 0.1) is 0 Å². The smallest absolute Gasteiger partial charge is 0.325 e. The van der Waals surface area contributed by atoms with Crippen LogP contribution in [0.2, 0.25) is 10.0 Å². The summed E-state index contributed by atoms with van der Waals surface area (Å²) in [4.78, 5) is 38.3. The van der Waals surface area contributed by atoms with Crippen LogP contribution in [0.3, 0.4) is 0 Å². The fourth-order valence-electron chi connectivity index (χ4n) is 2.80. The molecule has 2 N–H and O–H groups in total. The van der Waals surface area contributed by atoms with E-state index in [4.69, 9.17) is 23.2 Å². The second kappa shape index (κ2) is 7.50. The van der Waals surface area contributed by atoms with Gasteiger partial charge >= 0.3 is 6.03 Å². The van der Waals surface area contributed by atoms with Crippen LogP contribution in [0.5, 0.6) is 0 Å². The highest BCUT2D eigenvalue weighted by atomic mass is 79.9. The van der Waals surface area contributed by atoms with Crippen molar-refractivity contribution in [2.24, 2.45) is 0 Å². The number of urea groups is 1. The molecule has 4 amide bonds. The summed E-state index contributed by atoms with van der Waals surface area (Å²) in [6.45, 7) is 1.12. The van der Waals surface area contributed by atoms with Gasteiger partial charge in [0.25, 0.3) is 5.91 Å². The van der Waals surface area contributed by atoms with E-state index in [0.29, 0.717) is 16.3 Å². The summed E-state index contributed by atoms with van der Waals surface area (Å²) >= 11 is 15.4. The SMILES string of the molecule is CC1(c2ccc(Cl)cc2Cl)NC(=O)N(CC(=O)Nc2ccc(Br)cc2)C1=O.